The highest BCUT2D eigenvalue weighted by Gasteiger charge is 2.39. The molecule has 2 aliphatic rings. The number of fused-ring (bicyclic) bond motifs is 10. The van der Waals surface area contributed by atoms with Gasteiger partial charge in [-0.1, -0.05) is 115 Å². The van der Waals surface area contributed by atoms with Crippen LogP contribution >= 0.6 is 0 Å². The molecule has 0 radical (unpaired) electrons. The number of aromatic nitrogens is 3. The van der Waals surface area contributed by atoms with Crippen LogP contribution in [0.4, 0.5) is 11.4 Å². The fourth-order valence-electron chi connectivity index (χ4n) is 10.2. The Morgan fingerprint density at radius 3 is 1.98 bits per heavy atom. The molecule has 3 aromatic heterocycles. The van der Waals surface area contributed by atoms with Gasteiger partial charge >= 0.3 is 0 Å². The Hall–Kier alpha value is -7.74. The zero-order chi connectivity index (χ0) is 39.2. The van der Waals surface area contributed by atoms with E-state index in [1.165, 1.54) is 77.0 Å². The third kappa shape index (κ3) is 4.79. The van der Waals surface area contributed by atoms with Crippen molar-refractivity contribution in [3.8, 4) is 23.7 Å². The van der Waals surface area contributed by atoms with Gasteiger partial charge in [-0.2, -0.15) is 0 Å². The van der Waals surface area contributed by atoms with Crippen LogP contribution in [0.5, 0.6) is 0 Å². The fraction of sp³-hybridized carbons (Fsp3) is 0.0545. The average molecular weight is 755 g/mol. The molecule has 10 aromatic rings. The van der Waals surface area contributed by atoms with E-state index in [1.807, 2.05) is 0 Å². The fourth-order valence-corrected chi connectivity index (χ4v) is 10.2. The van der Waals surface area contributed by atoms with E-state index in [2.05, 4.69) is 220 Å². The van der Waals surface area contributed by atoms with Gasteiger partial charge in [-0.3, -0.25) is 0 Å². The number of aryl methyl sites for hydroxylation is 1. The highest BCUT2D eigenvalue weighted by Crippen LogP contribution is 2.52. The van der Waals surface area contributed by atoms with Crippen molar-refractivity contribution in [1.29, 1.82) is 0 Å². The van der Waals surface area contributed by atoms with Crippen molar-refractivity contribution >= 4 is 77.7 Å². The summed E-state index contributed by atoms with van der Waals surface area (Å²) in [5.41, 5.74) is 15.5. The summed E-state index contributed by atoms with van der Waals surface area (Å²) < 4.78 is 7.21. The van der Waals surface area contributed by atoms with Gasteiger partial charge in [-0.15, -0.1) is 6.42 Å². The first-order valence-electron chi connectivity index (χ1n) is 20.3. The minimum atomic E-state index is 0.0944. The standard InChI is InChI=1S/C55H38N4/c1-3-4-23-46-36(2)40-19-8-12-24-47(40)57(46)38-31-33-52-45(34-38)42-21-10-14-26-49(42)59(52)54-29-16-28-53-55(54)43-22-11-15-27-50(43)58(53)39-30-32-51-44(35-39)41-20-9-13-25-48(41)56(51)37-17-6-5-7-18-37/h1,4-35,45,52H,2H3/b23-4-. The Labute approximate surface area is 342 Å². The van der Waals surface area contributed by atoms with Gasteiger partial charge < -0.3 is 18.6 Å². The van der Waals surface area contributed by atoms with Crippen LogP contribution in [0.2, 0.25) is 0 Å². The summed E-state index contributed by atoms with van der Waals surface area (Å²) in [6, 6.07) is 59.8. The maximum absolute atomic E-state index is 5.73. The second-order valence-electron chi connectivity index (χ2n) is 15.7. The van der Waals surface area contributed by atoms with E-state index in [1.54, 1.807) is 6.08 Å². The lowest BCUT2D eigenvalue weighted by molar-refractivity contribution is 0.744. The lowest BCUT2D eigenvalue weighted by Crippen LogP contribution is -2.29. The molecule has 12 rings (SSSR count). The smallest absolute Gasteiger partial charge is 0.0631 e. The predicted molar refractivity (Wildman–Crippen MR) is 248 cm³/mol. The summed E-state index contributed by atoms with van der Waals surface area (Å²) >= 11 is 0. The summed E-state index contributed by atoms with van der Waals surface area (Å²) in [5.74, 6) is 2.86. The van der Waals surface area contributed by atoms with Gasteiger partial charge in [-0.25, -0.2) is 0 Å². The molecule has 0 saturated heterocycles. The van der Waals surface area contributed by atoms with Crippen molar-refractivity contribution in [1.82, 2.24) is 13.7 Å². The number of terminal acetylenes is 1. The molecule has 0 fully saturated rings. The predicted octanol–water partition coefficient (Wildman–Crippen LogP) is 13.5. The van der Waals surface area contributed by atoms with Gasteiger partial charge in [0, 0.05) is 55.6 Å². The third-order valence-corrected chi connectivity index (χ3v) is 12.7. The van der Waals surface area contributed by atoms with E-state index >= 15 is 0 Å². The SMILES string of the molecule is C#C/C=C\c1c(C)c2ccccc2n1C1=CC2c3ccccc3N(c3cccc4c3c3ccccc3n4-c3ccc4c(c3)c3ccccc3n4-c3ccccc3)C2C=C1. The van der Waals surface area contributed by atoms with Crippen molar-refractivity contribution in [2.75, 3.05) is 4.90 Å². The molecule has 59 heavy (non-hydrogen) atoms. The molecule has 4 heterocycles. The lowest BCUT2D eigenvalue weighted by Gasteiger charge is -2.31. The van der Waals surface area contributed by atoms with E-state index < -0.39 is 0 Å². The first kappa shape index (κ1) is 33.4. The number of allylic oxidation sites excluding steroid dienone is 3. The van der Waals surface area contributed by atoms with Crippen LogP contribution in [-0.4, -0.2) is 19.7 Å². The summed E-state index contributed by atoms with van der Waals surface area (Å²) in [6.45, 7) is 2.19. The van der Waals surface area contributed by atoms with Crippen LogP contribution in [0.25, 0.3) is 77.7 Å². The highest BCUT2D eigenvalue weighted by atomic mass is 15.2. The van der Waals surface area contributed by atoms with Crippen molar-refractivity contribution < 1.29 is 0 Å². The van der Waals surface area contributed by atoms with Crippen LogP contribution in [0.1, 0.15) is 22.7 Å². The minimum Gasteiger partial charge on any atom is -0.333 e. The second kappa shape index (κ2) is 12.9. The third-order valence-electron chi connectivity index (χ3n) is 12.7. The average Bonchev–Trinajstić information content (AvgIpc) is 4.00. The number of benzene rings is 7. The summed E-state index contributed by atoms with van der Waals surface area (Å²) in [6.07, 6.45) is 16.8. The molecule has 4 nitrogen and oxygen atoms in total. The molecule has 4 heteroatoms. The first-order valence-corrected chi connectivity index (χ1v) is 20.3. The van der Waals surface area contributed by atoms with Crippen LogP contribution in [0, 0.1) is 19.3 Å². The Morgan fingerprint density at radius 1 is 0.542 bits per heavy atom. The molecular weight excluding hydrogens is 717 g/mol. The number of para-hydroxylation sites is 5. The molecule has 1 aliphatic carbocycles. The molecule has 2 unspecified atom stereocenters. The summed E-state index contributed by atoms with van der Waals surface area (Å²) in [4.78, 5) is 2.58. The van der Waals surface area contributed by atoms with Gasteiger partial charge in [0.2, 0.25) is 0 Å². The first-order chi connectivity index (χ1) is 29.2. The van der Waals surface area contributed by atoms with Crippen molar-refractivity contribution in [3.05, 3.63) is 205 Å². The van der Waals surface area contributed by atoms with Gasteiger partial charge in [0.25, 0.3) is 0 Å². The molecule has 2 atom stereocenters. The normalized spacial score (nSPS) is 16.1. The number of hydrogen-bond donors (Lipinski definition) is 0. The summed E-state index contributed by atoms with van der Waals surface area (Å²) in [5, 5.41) is 6.20. The number of anilines is 2. The number of rotatable bonds is 5. The van der Waals surface area contributed by atoms with E-state index in [-0.39, 0.29) is 12.0 Å². The quantitative estimate of drug-likeness (QED) is 0.160. The maximum atomic E-state index is 5.73. The molecule has 1 aliphatic heterocycles. The Balaban J connectivity index is 1.04. The monoisotopic (exact) mass is 754 g/mol. The van der Waals surface area contributed by atoms with Crippen LogP contribution in [0.3, 0.4) is 0 Å². The molecule has 278 valence electrons. The number of hydrogen-bond acceptors (Lipinski definition) is 1. The van der Waals surface area contributed by atoms with Gasteiger partial charge in [0.05, 0.1) is 45.0 Å². The molecular formula is C55H38N4. The lowest BCUT2D eigenvalue weighted by atomic mass is 9.90. The topological polar surface area (TPSA) is 18.0 Å². The Morgan fingerprint density at radius 2 is 1.17 bits per heavy atom. The molecule has 0 saturated carbocycles. The Kier molecular flexibility index (Phi) is 7.30. The zero-order valence-electron chi connectivity index (χ0n) is 32.5. The van der Waals surface area contributed by atoms with Crippen LogP contribution < -0.4 is 4.90 Å². The molecule has 0 N–H and O–H groups in total. The molecule has 0 amide bonds. The molecule has 7 aromatic carbocycles. The van der Waals surface area contributed by atoms with Crippen molar-refractivity contribution in [2.45, 2.75) is 18.9 Å². The van der Waals surface area contributed by atoms with Crippen molar-refractivity contribution in [2.24, 2.45) is 0 Å². The van der Waals surface area contributed by atoms with E-state index in [0.717, 1.165) is 22.8 Å². The zero-order valence-corrected chi connectivity index (χ0v) is 32.5. The van der Waals surface area contributed by atoms with E-state index in [0.29, 0.717) is 0 Å². The van der Waals surface area contributed by atoms with E-state index in [9.17, 15) is 0 Å². The van der Waals surface area contributed by atoms with Gasteiger partial charge in [0.15, 0.2) is 0 Å². The highest BCUT2D eigenvalue weighted by molar-refractivity contribution is 6.17. The molecule has 0 bridgehead atoms. The second-order valence-corrected chi connectivity index (χ2v) is 15.7. The number of nitrogens with zero attached hydrogens (tertiary/aromatic N) is 4. The van der Waals surface area contributed by atoms with Crippen LogP contribution in [0.15, 0.2) is 188 Å². The molecule has 0 spiro atoms. The minimum absolute atomic E-state index is 0.0944. The van der Waals surface area contributed by atoms with E-state index in [4.69, 9.17) is 6.42 Å². The van der Waals surface area contributed by atoms with Gasteiger partial charge in [-0.05, 0) is 103 Å². The largest absolute Gasteiger partial charge is 0.333 e. The summed E-state index contributed by atoms with van der Waals surface area (Å²) in [7, 11) is 0. The van der Waals surface area contributed by atoms with Crippen LogP contribution in [-0.2, 0) is 0 Å². The van der Waals surface area contributed by atoms with Gasteiger partial charge in [0.1, 0.15) is 0 Å². The maximum Gasteiger partial charge on any atom is 0.0631 e. The Bertz CT molecular complexity index is 3490. The van der Waals surface area contributed by atoms with Crippen molar-refractivity contribution in [3.63, 3.8) is 0 Å².